The minimum Gasteiger partial charge on any atom is -0.0623 e. The molecule has 5 aromatic rings. The van der Waals surface area contributed by atoms with Gasteiger partial charge in [-0.2, -0.15) is 0 Å². The molecule has 0 bridgehead atoms. The molecule has 0 nitrogen and oxygen atoms in total. The molecule has 0 saturated heterocycles. The average molecular weight is 453 g/mol. The normalized spacial score (nSPS) is 13.8. The fraction of sp³-hybridized carbons (Fsp3) is 0.0909. The molecule has 0 saturated carbocycles. The topological polar surface area (TPSA) is 0 Å². The van der Waals surface area contributed by atoms with Crippen LogP contribution in [0, 0.1) is 0 Å². The van der Waals surface area contributed by atoms with Gasteiger partial charge in [0.05, 0.1) is 0 Å². The maximum Gasteiger partial charge on any atom is 0.179 e. The Morgan fingerprint density at radius 3 is 1.38 bits per heavy atom. The second-order valence-electron chi connectivity index (χ2n) is 9.78. The maximum absolute atomic E-state index is 2.54. The summed E-state index contributed by atoms with van der Waals surface area (Å²) >= 11 is 0. The second kappa shape index (κ2) is 7.97. The predicted octanol–water partition coefficient (Wildman–Crippen LogP) is 5.37. The van der Waals surface area contributed by atoms with Crippen LogP contribution >= 0.6 is 0 Å². The van der Waals surface area contributed by atoms with E-state index >= 15 is 0 Å². The van der Waals surface area contributed by atoms with Crippen LogP contribution in [0.3, 0.4) is 0 Å². The number of benzene rings is 5. The van der Waals surface area contributed by atoms with E-state index in [1.54, 1.807) is 0 Å². The number of hydrogen-bond acceptors (Lipinski definition) is 0. The Kier molecular flexibility index (Phi) is 4.90. The number of fused-ring (bicyclic) bond motifs is 3. The molecular weight excluding hydrogens is 424 g/mol. The Balaban J connectivity index is 1.70. The van der Waals surface area contributed by atoms with Crippen molar-refractivity contribution in [1.29, 1.82) is 0 Å². The molecule has 0 heterocycles. The van der Waals surface area contributed by atoms with Crippen LogP contribution in [-0.2, 0) is 5.41 Å². The van der Waals surface area contributed by atoms with E-state index in [1.165, 1.54) is 43.0 Å². The van der Waals surface area contributed by atoms with Gasteiger partial charge < -0.3 is 0 Å². The van der Waals surface area contributed by atoms with E-state index in [2.05, 4.69) is 147 Å². The van der Waals surface area contributed by atoms with Crippen molar-refractivity contribution in [1.82, 2.24) is 0 Å². The molecule has 164 valence electrons. The Hall–Kier alpha value is -3.68. The molecule has 0 aliphatic heterocycles. The molecular formula is C33H28Si. The van der Waals surface area contributed by atoms with Crippen molar-refractivity contribution >= 4 is 28.8 Å². The second-order valence-corrected chi connectivity index (χ2v) is 13.6. The zero-order valence-electron chi connectivity index (χ0n) is 19.7. The van der Waals surface area contributed by atoms with Crippen LogP contribution in [0.5, 0.6) is 0 Å². The van der Waals surface area contributed by atoms with Crippen LogP contribution in [0.2, 0.25) is 0 Å². The van der Waals surface area contributed by atoms with Gasteiger partial charge in [-0.25, -0.2) is 0 Å². The molecule has 1 aliphatic rings. The molecule has 34 heavy (non-hydrogen) atoms. The quantitative estimate of drug-likeness (QED) is 0.254. The lowest BCUT2D eigenvalue weighted by Gasteiger charge is -2.35. The summed E-state index contributed by atoms with van der Waals surface area (Å²) in [6, 6.07) is 49.8. The minimum atomic E-state index is -2.51. The Morgan fingerprint density at radius 2 is 0.853 bits per heavy atom. The highest BCUT2D eigenvalue weighted by molar-refractivity contribution is 7.19. The molecule has 0 unspecified atom stereocenters. The molecule has 0 spiro atoms. The summed E-state index contributed by atoms with van der Waals surface area (Å²) in [5, 5.41) is 5.69. The van der Waals surface area contributed by atoms with E-state index < -0.39 is 8.07 Å². The van der Waals surface area contributed by atoms with Gasteiger partial charge in [-0.3, -0.25) is 0 Å². The number of hydrogen-bond donors (Lipinski definition) is 0. The zero-order chi connectivity index (χ0) is 23.2. The highest BCUT2D eigenvalue weighted by Crippen LogP contribution is 2.48. The average Bonchev–Trinajstić information content (AvgIpc) is 3.13. The Morgan fingerprint density at radius 1 is 0.412 bits per heavy atom. The largest absolute Gasteiger partial charge is 0.179 e. The van der Waals surface area contributed by atoms with Gasteiger partial charge in [-0.1, -0.05) is 147 Å². The highest BCUT2D eigenvalue weighted by atomic mass is 28.3. The molecule has 0 atom stereocenters. The zero-order valence-corrected chi connectivity index (χ0v) is 20.7. The molecule has 0 aromatic heterocycles. The highest BCUT2D eigenvalue weighted by Gasteiger charge is 2.43. The van der Waals surface area contributed by atoms with Crippen LogP contribution in [0.4, 0.5) is 0 Å². The lowest BCUT2D eigenvalue weighted by atomic mass is 9.82. The third-order valence-corrected chi connectivity index (χ3v) is 12.4. The van der Waals surface area contributed by atoms with Crippen molar-refractivity contribution in [3.05, 3.63) is 145 Å². The molecule has 0 fully saturated rings. The molecule has 6 rings (SSSR count). The van der Waals surface area contributed by atoms with Gasteiger partial charge in [-0.05, 0) is 43.0 Å². The third-order valence-electron chi connectivity index (χ3n) is 7.64. The van der Waals surface area contributed by atoms with Gasteiger partial charge in [0.2, 0.25) is 0 Å². The van der Waals surface area contributed by atoms with Gasteiger partial charge in [-0.15, -0.1) is 0 Å². The van der Waals surface area contributed by atoms with E-state index in [0.29, 0.717) is 0 Å². The fourth-order valence-corrected chi connectivity index (χ4v) is 10.8. The summed E-state index contributed by atoms with van der Waals surface area (Å²) < 4.78 is 0. The summed E-state index contributed by atoms with van der Waals surface area (Å²) in [7, 11) is -2.51. The lowest BCUT2D eigenvalue weighted by Crippen LogP contribution is -2.74. The molecule has 1 aliphatic carbocycles. The summed E-state index contributed by atoms with van der Waals surface area (Å²) in [6.45, 7) is 4.75. The van der Waals surface area contributed by atoms with Crippen LogP contribution in [0.15, 0.2) is 133 Å². The van der Waals surface area contributed by atoms with Gasteiger partial charge in [0.25, 0.3) is 0 Å². The van der Waals surface area contributed by atoms with Crippen LogP contribution in [0.1, 0.15) is 25.0 Å². The first kappa shape index (κ1) is 20.9. The predicted molar refractivity (Wildman–Crippen MR) is 148 cm³/mol. The van der Waals surface area contributed by atoms with Crippen molar-refractivity contribution in [3.63, 3.8) is 0 Å². The Labute approximate surface area is 203 Å². The monoisotopic (exact) mass is 452 g/mol. The lowest BCUT2D eigenvalue weighted by molar-refractivity contribution is 0.661. The standard InChI is InChI=1S/C33H28Si/c1-33(2)31-21-13-12-20-29(31)30-23-22-28(24-32(30)33)34(25-14-6-3-7-15-25,26-16-8-4-9-17-26)27-18-10-5-11-19-27/h3-24H,1-2H3. The molecule has 5 aromatic carbocycles. The Bertz CT molecular complexity index is 1350. The van der Waals surface area contributed by atoms with Crippen LogP contribution in [-0.4, -0.2) is 8.07 Å². The SMILES string of the molecule is CC1(C)c2ccccc2-c2ccc([Si](c3ccccc3)(c3ccccc3)c3ccccc3)cc21. The van der Waals surface area contributed by atoms with Crippen molar-refractivity contribution in [2.24, 2.45) is 0 Å². The smallest absolute Gasteiger partial charge is 0.0623 e. The summed E-state index contributed by atoms with van der Waals surface area (Å²) in [6.07, 6.45) is 0. The maximum atomic E-state index is 2.54. The van der Waals surface area contributed by atoms with Crippen molar-refractivity contribution < 1.29 is 0 Å². The first-order valence-corrected chi connectivity index (χ1v) is 14.0. The fourth-order valence-electron chi connectivity index (χ4n) is 6.00. The molecule has 0 amide bonds. The van der Waals surface area contributed by atoms with Gasteiger partial charge in [0.15, 0.2) is 8.07 Å². The van der Waals surface area contributed by atoms with Crippen molar-refractivity contribution in [2.75, 3.05) is 0 Å². The minimum absolute atomic E-state index is 0.0217. The van der Waals surface area contributed by atoms with E-state index in [9.17, 15) is 0 Å². The molecule has 1 heteroatoms. The molecule has 0 radical (unpaired) electrons. The van der Waals surface area contributed by atoms with Gasteiger partial charge in [0, 0.05) is 5.41 Å². The van der Waals surface area contributed by atoms with Crippen LogP contribution < -0.4 is 20.7 Å². The summed E-state index contributed by atoms with van der Waals surface area (Å²) in [5.74, 6) is 0. The van der Waals surface area contributed by atoms with E-state index in [-0.39, 0.29) is 5.41 Å². The first-order valence-electron chi connectivity index (χ1n) is 12.0. The third kappa shape index (κ3) is 2.97. The van der Waals surface area contributed by atoms with Gasteiger partial charge >= 0.3 is 0 Å². The van der Waals surface area contributed by atoms with Crippen molar-refractivity contribution in [3.8, 4) is 11.1 Å². The molecule has 0 N–H and O–H groups in total. The van der Waals surface area contributed by atoms with Crippen LogP contribution in [0.25, 0.3) is 11.1 Å². The summed E-state index contributed by atoms with van der Waals surface area (Å²) in [4.78, 5) is 0. The van der Waals surface area contributed by atoms with Crippen molar-refractivity contribution in [2.45, 2.75) is 19.3 Å². The van der Waals surface area contributed by atoms with E-state index in [0.717, 1.165) is 0 Å². The summed E-state index contributed by atoms with van der Waals surface area (Å²) in [5.41, 5.74) is 5.59. The van der Waals surface area contributed by atoms with E-state index in [4.69, 9.17) is 0 Å². The van der Waals surface area contributed by atoms with E-state index in [1.807, 2.05) is 0 Å². The van der Waals surface area contributed by atoms with Gasteiger partial charge in [0.1, 0.15) is 0 Å². The number of rotatable bonds is 4. The first-order chi connectivity index (χ1) is 16.6.